The van der Waals surface area contributed by atoms with Crippen molar-refractivity contribution in [2.24, 2.45) is 5.92 Å². The second-order valence-corrected chi connectivity index (χ2v) is 5.61. The number of hydrogen-bond donors (Lipinski definition) is 1. The molecule has 1 unspecified atom stereocenters. The first kappa shape index (κ1) is 12.6. The smallest absolute Gasteiger partial charge is 0.0669 e. The van der Waals surface area contributed by atoms with Gasteiger partial charge in [-0.1, -0.05) is 44.2 Å². The molecule has 0 saturated carbocycles. The van der Waals surface area contributed by atoms with Crippen LogP contribution in [0.5, 0.6) is 0 Å². The Hall–Kier alpha value is -0.860. The van der Waals surface area contributed by atoms with Gasteiger partial charge in [-0.05, 0) is 17.9 Å². The molecule has 1 saturated heterocycles. The number of rotatable bonds is 5. The standard InChI is InChI=1S/C15H23NO/c1-12(2)8-15(17)11-16-9-14(10-16)13-6-4-3-5-7-13/h3-7,12,14-15,17H,8-11H2,1-2H3. The van der Waals surface area contributed by atoms with Gasteiger partial charge >= 0.3 is 0 Å². The first-order valence-electron chi connectivity index (χ1n) is 6.60. The molecule has 1 fully saturated rings. The molecule has 1 atom stereocenters. The maximum absolute atomic E-state index is 9.87. The lowest BCUT2D eigenvalue weighted by Crippen LogP contribution is -2.48. The molecule has 1 aliphatic rings. The van der Waals surface area contributed by atoms with Gasteiger partial charge in [0.2, 0.25) is 0 Å². The highest BCUT2D eigenvalue weighted by Gasteiger charge is 2.28. The van der Waals surface area contributed by atoms with Gasteiger partial charge < -0.3 is 5.11 Å². The molecule has 1 aromatic rings. The molecule has 1 N–H and O–H groups in total. The van der Waals surface area contributed by atoms with Gasteiger partial charge in [0.15, 0.2) is 0 Å². The summed E-state index contributed by atoms with van der Waals surface area (Å²) < 4.78 is 0. The van der Waals surface area contributed by atoms with Gasteiger partial charge in [0.25, 0.3) is 0 Å². The number of likely N-dealkylation sites (tertiary alicyclic amines) is 1. The van der Waals surface area contributed by atoms with Crippen molar-refractivity contribution in [2.75, 3.05) is 19.6 Å². The molecule has 0 aromatic heterocycles. The molecular weight excluding hydrogens is 210 g/mol. The molecule has 0 spiro atoms. The summed E-state index contributed by atoms with van der Waals surface area (Å²) in [6.45, 7) is 7.35. The Morgan fingerprint density at radius 1 is 1.24 bits per heavy atom. The van der Waals surface area contributed by atoms with E-state index < -0.39 is 0 Å². The maximum Gasteiger partial charge on any atom is 0.0669 e. The fraction of sp³-hybridized carbons (Fsp3) is 0.600. The Morgan fingerprint density at radius 2 is 1.88 bits per heavy atom. The van der Waals surface area contributed by atoms with Crippen LogP contribution in [-0.2, 0) is 0 Å². The molecule has 2 rings (SSSR count). The molecule has 2 heteroatoms. The summed E-state index contributed by atoms with van der Waals surface area (Å²) in [5.74, 6) is 1.25. The molecule has 94 valence electrons. The monoisotopic (exact) mass is 233 g/mol. The normalized spacial score (nSPS) is 19.3. The summed E-state index contributed by atoms with van der Waals surface area (Å²) in [6, 6.07) is 10.7. The minimum atomic E-state index is -0.160. The average Bonchev–Trinajstić information content (AvgIpc) is 2.23. The average molecular weight is 233 g/mol. The summed E-state index contributed by atoms with van der Waals surface area (Å²) >= 11 is 0. The van der Waals surface area contributed by atoms with Crippen LogP contribution in [-0.4, -0.2) is 35.7 Å². The van der Waals surface area contributed by atoms with Crippen molar-refractivity contribution in [3.8, 4) is 0 Å². The summed E-state index contributed by atoms with van der Waals surface area (Å²) in [5, 5.41) is 9.87. The van der Waals surface area contributed by atoms with E-state index in [2.05, 4.69) is 49.1 Å². The zero-order valence-corrected chi connectivity index (χ0v) is 10.8. The van der Waals surface area contributed by atoms with Crippen LogP contribution < -0.4 is 0 Å². The van der Waals surface area contributed by atoms with Crippen LogP contribution in [0.2, 0.25) is 0 Å². The Bertz CT molecular complexity index is 330. The Morgan fingerprint density at radius 3 is 2.47 bits per heavy atom. The molecule has 17 heavy (non-hydrogen) atoms. The van der Waals surface area contributed by atoms with Crippen LogP contribution in [0.25, 0.3) is 0 Å². The van der Waals surface area contributed by atoms with Crippen LogP contribution >= 0.6 is 0 Å². The van der Waals surface area contributed by atoms with Crippen molar-refractivity contribution in [3.63, 3.8) is 0 Å². The second-order valence-electron chi connectivity index (χ2n) is 5.61. The third-order valence-electron chi connectivity index (χ3n) is 3.44. The van der Waals surface area contributed by atoms with E-state index in [-0.39, 0.29) is 6.10 Å². The second kappa shape index (κ2) is 5.65. The molecule has 1 aromatic carbocycles. The van der Waals surface area contributed by atoms with Gasteiger partial charge in [-0.3, -0.25) is 4.90 Å². The Labute approximate surface area is 104 Å². The van der Waals surface area contributed by atoms with Crippen LogP contribution in [0, 0.1) is 5.92 Å². The third kappa shape index (κ3) is 3.55. The fourth-order valence-corrected chi connectivity index (χ4v) is 2.57. The van der Waals surface area contributed by atoms with Gasteiger partial charge in [0, 0.05) is 25.6 Å². The predicted molar refractivity (Wildman–Crippen MR) is 71.1 cm³/mol. The van der Waals surface area contributed by atoms with Crippen molar-refractivity contribution in [3.05, 3.63) is 35.9 Å². The lowest BCUT2D eigenvalue weighted by atomic mass is 9.91. The number of β-amino-alcohol motifs (C(OH)–C–C–N with tert-alkyl or cyclic N) is 1. The van der Waals surface area contributed by atoms with E-state index in [1.54, 1.807) is 0 Å². The van der Waals surface area contributed by atoms with E-state index in [1.165, 1.54) is 5.56 Å². The van der Waals surface area contributed by atoms with Gasteiger partial charge in [-0.25, -0.2) is 0 Å². The van der Waals surface area contributed by atoms with E-state index in [4.69, 9.17) is 0 Å². The summed E-state index contributed by atoms with van der Waals surface area (Å²) in [6.07, 6.45) is 0.749. The van der Waals surface area contributed by atoms with E-state index in [0.29, 0.717) is 11.8 Å². The van der Waals surface area contributed by atoms with E-state index in [1.807, 2.05) is 0 Å². The Balaban J connectivity index is 1.72. The van der Waals surface area contributed by atoms with Gasteiger partial charge in [-0.2, -0.15) is 0 Å². The van der Waals surface area contributed by atoms with Gasteiger partial charge in [0.1, 0.15) is 0 Å². The summed E-state index contributed by atoms with van der Waals surface area (Å²) in [5.41, 5.74) is 1.43. The highest BCUT2D eigenvalue weighted by molar-refractivity contribution is 5.22. The quantitative estimate of drug-likeness (QED) is 0.844. The minimum absolute atomic E-state index is 0.160. The SMILES string of the molecule is CC(C)CC(O)CN1CC(c2ccccc2)C1. The molecule has 2 nitrogen and oxygen atoms in total. The van der Waals surface area contributed by atoms with Crippen LogP contribution in [0.4, 0.5) is 0 Å². The van der Waals surface area contributed by atoms with Crippen molar-refractivity contribution in [1.29, 1.82) is 0 Å². The molecule has 0 radical (unpaired) electrons. The van der Waals surface area contributed by atoms with Gasteiger partial charge in [-0.15, -0.1) is 0 Å². The number of aliphatic hydroxyl groups excluding tert-OH is 1. The van der Waals surface area contributed by atoms with Crippen LogP contribution in [0.1, 0.15) is 31.7 Å². The highest BCUT2D eigenvalue weighted by Crippen LogP contribution is 2.27. The summed E-state index contributed by atoms with van der Waals surface area (Å²) in [7, 11) is 0. The molecule has 1 heterocycles. The minimum Gasteiger partial charge on any atom is -0.392 e. The molecular formula is C15H23NO. The van der Waals surface area contributed by atoms with Crippen molar-refractivity contribution >= 4 is 0 Å². The van der Waals surface area contributed by atoms with E-state index >= 15 is 0 Å². The van der Waals surface area contributed by atoms with E-state index in [9.17, 15) is 5.11 Å². The van der Waals surface area contributed by atoms with Gasteiger partial charge in [0.05, 0.1) is 6.10 Å². The molecule has 0 bridgehead atoms. The van der Waals surface area contributed by atoms with Crippen LogP contribution in [0.15, 0.2) is 30.3 Å². The number of hydrogen-bond acceptors (Lipinski definition) is 2. The first-order valence-corrected chi connectivity index (χ1v) is 6.60. The molecule has 0 aliphatic carbocycles. The highest BCUT2D eigenvalue weighted by atomic mass is 16.3. The maximum atomic E-state index is 9.87. The Kier molecular flexibility index (Phi) is 4.19. The largest absolute Gasteiger partial charge is 0.392 e. The fourth-order valence-electron chi connectivity index (χ4n) is 2.57. The van der Waals surface area contributed by atoms with Crippen molar-refractivity contribution in [2.45, 2.75) is 32.3 Å². The van der Waals surface area contributed by atoms with Crippen molar-refractivity contribution < 1.29 is 5.11 Å². The third-order valence-corrected chi connectivity index (χ3v) is 3.44. The first-order chi connectivity index (χ1) is 8.15. The molecule has 0 amide bonds. The number of benzene rings is 1. The van der Waals surface area contributed by atoms with Crippen LogP contribution in [0.3, 0.4) is 0 Å². The number of nitrogens with zero attached hydrogens (tertiary/aromatic N) is 1. The summed E-state index contributed by atoms with van der Waals surface area (Å²) in [4.78, 5) is 2.35. The topological polar surface area (TPSA) is 23.5 Å². The lowest BCUT2D eigenvalue weighted by Gasteiger charge is -2.40. The molecule has 1 aliphatic heterocycles. The number of aliphatic hydroxyl groups is 1. The predicted octanol–water partition coefficient (Wildman–Crippen LogP) is 2.49. The zero-order chi connectivity index (χ0) is 12.3. The van der Waals surface area contributed by atoms with Crippen molar-refractivity contribution in [1.82, 2.24) is 4.90 Å². The lowest BCUT2D eigenvalue weighted by molar-refractivity contribution is 0.0540. The zero-order valence-electron chi connectivity index (χ0n) is 10.8. The van der Waals surface area contributed by atoms with E-state index in [0.717, 1.165) is 26.1 Å².